The first-order valence-corrected chi connectivity index (χ1v) is 8.78. The average Bonchev–Trinajstić information content (AvgIpc) is 2.61. The molecule has 2 N–H and O–H groups in total. The van der Waals surface area contributed by atoms with E-state index >= 15 is 0 Å². The number of carbonyl (C=O) groups is 1. The third-order valence-electron chi connectivity index (χ3n) is 4.06. The molecule has 0 bridgehead atoms. The molecule has 0 aliphatic carbocycles. The highest BCUT2D eigenvalue weighted by Crippen LogP contribution is 2.05. The summed E-state index contributed by atoms with van der Waals surface area (Å²) in [6, 6.07) is 10.2. The van der Waals surface area contributed by atoms with Gasteiger partial charge in [0.2, 0.25) is 5.91 Å². The van der Waals surface area contributed by atoms with E-state index in [4.69, 9.17) is 4.99 Å². The number of rotatable bonds is 6. The Hall–Kier alpha value is -2.24. The number of benzene rings is 1. The molecular formula is C18H29N5O. The molecule has 1 heterocycles. The Morgan fingerprint density at radius 1 is 1.12 bits per heavy atom. The topological polar surface area (TPSA) is 60.0 Å². The smallest absolute Gasteiger partial charge is 0.219 e. The number of carbonyl (C=O) groups excluding carboxylic acids is 1. The van der Waals surface area contributed by atoms with Crippen LogP contribution in [0.3, 0.4) is 0 Å². The highest BCUT2D eigenvalue weighted by molar-refractivity contribution is 5.80. The number of hydrogen-bond donors (Lipinski definition) is 2. The summed E-state index contributed by atoms with van der Waals surface area (Å²) in [7, 11) is 0. The van der Waals surface area contributed by atoms with Gasteiger partial charge in [0.05, 0.1) is 0 Å². The number of hydrogen-bond acceptors (Lipinski definition) is 3. The molecule has 1 saturated heterocycles. The van der Waals surface area contributed by atoms with Crippen molar-refractivity contribution in [1.82, 2.24) is 15.1 Å². The normalized spacial score (nSPS) is 15.3. The fourth-order valence-electron chi connectivity index (χ4n) is 2.71. The molecule has 0 saturated carbocycles. The quantitative estimate of drug-likeness (QED) is 0.472. The van der Waals surface area contributed by atoms with Crippen LogP contribution in [0, 0.1) is 0 Å². The van der Waals surface area contributed by atoms with Gasteiger partial charge in [-0.25, -0.2) is 0 Å². The van der Waals surface area contributed by atoms with Gasteiger partial charge in [0, 0.05) is 58.4 Å². The Labute approximate surface area is 144 Å². The minimum absolute atomic E-state index is 0.156. The van der Waals surface area contributed by atoms with Gasteiger partial charge in [0.1, 0.15) is 0 Å². The lowest BCUT2D eigenvalue weighted by Crippen LogP contribution is -2.53. The van der Waals surface area contributed by atoms with E-state index in [-0.39, 0.29) is 5.91 Å². The van der Waals surface area contributed by atoms with E-state index in [0.717, 1.165) is 63.9 Å². The highest BCUT2D eigenvalue weighted by Gasteiger charge is 2.20. The molecule has 132 valence electrons. The maximum Gasteiger partial charge on any atom is 0.219 e. The van der Waals surface area contributed by atoms with Crippen LogP contribution in [0.2, 0.25) is 0 Å². The van der Waals surface area contributed by atoms with Gasteiger partial charge in [-0.1, -0.05) is 18.2 Å². The molecule has 1 fully saturated rings. The van der Waals surface area contributed by atoms with E-state index in [9.17, 15) is 4.79 Å². The van der Waals surface area contributed by atoms with Gasteiger partial charge >= 0.3 is 0 Å². The van der Waals surface area contributed by atoms with Crippen molar-refractivity contribution in [2.75, 3.05) is 51.1 Å². The highest BCUT2D eigenvalue weighted by atomic mass is 16.2. The zero-order chi connectivity index (χ0) is 17.2. The second-order valence-electron chi connectivity index (χ2n) is 5.88. The van der Waals surface area contributed by atoms with Crippen LogP contribution in [0.25, 0.3) is 0 Å². The van der Waals surface area contributed by atoms with Crippen molar-refractivity contribution in [1.29, 1.82) is 0 Å². The Bertz CT molecular complexity index is 523. The molecule has 0 atom stereocenters. The van der Waals surface area contributed by atoms with E-state index in [1.807, 2.05) is 23.1 Å². The van der Waals surface area contributed by atoms with Gasteiger partial charge in [-0.15, -0.1) is 0 Å². The average molecular weight is 331 g/mol. The van der Waals surface area contributed by atoms with Crippen molar-refractivity contribution in [3.63, 3.8) is 0 Å². The number of nitrogens with one attached hydrogen (secondary N) is 2. The number of anilines is 1. The lowest BCUT2D eigenvalue weighted by Gasteiger charge is -2.36. The summed E-state index contributed by atoms with van der Waals surface area (Å²) in [5.41, 5.74) is 1.15. The molecule has 1 aliphatic heterocycles. The zero-order valence-corrected chi connectivity index (χ0v) is 14.8. The number of piperazine rings is 1. The van der Waals surface area contributed by atoms with Crippen LogP contribution in [-0.2, 0) is 4.79 Å². The van der Waals surface area contributed by atoms with Crippen LogP contribution < -0.4 is 10.6 Å². The first-order valence-electron chi connectivity index (χ1n) is 8.78. The monoisotopic (exact) mass is 331 g/mol. The second kappa shape index (κ2) is 9.80. The minimum Gasteiger partial charge on any atom is -0.385 e. The molecule has 0 spiro atoms. The third kappa shape index (κ3) is 5.76. The van der Waals surface area contributed by atoms with Crippen LogP contribution in [0.5, 0.6) is 0 Å². The van der Waals surface area contributed by atoms with E-state index in [1.165, 1.54) is 0 Å². The summed E-state index contributed by atoms with van der Waals surface area (Å²) in [6.07, 6.45) is 0.983. The Balaban J connectivity index is 1.75. The Morgan fingerprint density at radius 2 is 1.79 bits per heavy atom. The molecule has 0 unspecified atom stereocenters. The predicted octanol–water partition coefficient (Wildman–Crippen LogP) is 1.62. The molecule has 6 nitrogen and oxygen atoms in total. The van der Waals surface area contributed by atoms with Crippen molar-refractivity contribution in [3.05, 3.63) is 30.3 Å². The maximum atomic E-state index is 11.4. The molecular weight excluding hydrogens is 302 g/mol. The van der Waals surface area contributed by atoms with Crippen molar-refractivity contribution < 1.29 is 4.79 Å². The summed E-state index contributed by atoms with van der Waals surface area (Å²) in [6.45, 7) is 9.49. The van der Waals surface area contributed by atoms with Gasteiger partial charge in [-0.2, -0.15) is 0 Å². The fourth-order valence-corrected chi connectivity index (χ4v) is 2.71. The molecule has 24 heavy (non-hydrogen) atoms. The lowest BCUT2D eigenvalue weighted by atomic mass is 10.3. The zero-order valence-electron chi connectivity index (χ0n) is 14.8. The SMILES string of the molecule is CCNC(=NCCCNc1ccccc1)N1CCN(C(C)=O)CC1. The van der Waals surface area contributed by atoms with Gasteiger partial charge in [-0.3, -0.25) is 9.79 Å². The van der Waals surface area contributed by atoms with Gasteiger partial charge in [0.25, 0.3) is 0 Å². The van der Waals surface area contributed by atoms with Crippen LogP contribution >= 0.6 is 0 Å². The summed E-state index contributed by atoms with van der Waals surface area (Å²) in [5.74, 6) is 1.11. The van der Waals surface area contributed by atoms with Crippen LogP contribution in [0.15, 0.2) is 35.3 Å². The molecule has 2 rings (SSSR count). The maximum absolute atomic E-state index is 11.4. The predicted molar refractivity (Wildman–Crippen MR) is 99.4 cm³/mol. The third-order valence-corrected chi connectivity index (χ3v) is 4.06. The first-order chi connectivity index (χ1) is 11.7. The fraction of sp³-hybridized carbons (Fsp3) is 0.556. The van der Waals surface area contributed by atoms with Crippen molar-refractivity contribution >= 4 is 17.6 Å². The van der Waals surface area contributed by atoms with Crippen LogP contribution in [0.4, 0.5) is 5.69 Å². The Kier molecular flexibility index (Phi) is 7.39. The second-order valence-corrected chi connectivity index (χ2v) is 5.88. The number of guanidine groups is 1. The van der Waals surface area contributed by atoms with Crippen LogP contribution in [0.1, 0.15) is 20.3 Å². The molecule has 0 aromatic heterocycles. The van der Waals surface area contributed by atoms with E-state index < -0.39 is 0 Å². The summed E-state index contributed by atoms with van der Waals surface area (Å²) < 4.78 is 0. The summed E-state index contributed by atoms with van der Waals surface area (Å²) >= 11 is 0. The van der Waals surface area contributed by atoms with Crippen molar-refractivity contribution in [2.45, 2.75) is 20.3 Å². The molecule has 0 radical (unpaired) electrons. The van der Waals surface area contributed by atoms with E-state index in [1.54, 1.807) is 6.92 Å². The van der Waals surface area contributed by atoms with Crippen LogP contribution in [-0.4, -0.2) is 67.5 Å². The van der Waals surface area contributed by atoms with Gasteiger partial charge in [0.15, 0.2) is 5.96 Å². The largest absolute Gasteiger partial charge is 0.385 e. The minimum atomic E-state index is 0.156. The number of nitrogens with zero attached hydrogens (tertiary/aromatic N) is 3. The van der Waals surface area contributed by atoms with E-state index in [0.29, 0.717) is 0 Å². The molecule has 1 aromatic carbocycles. The van der Waals surface area contributed by atoms with Crippen molar-refractivity contribution in [3.8, 4) is 0 Å². The molecule has 1 amide bonds. The molecule has 1 aromatic rings. The number of amides is 1. The number of para-hydroxylation sites is 1. The van der Waals surface area contributed by atoms with Crippen molar-refractivity contribution in [2.24, 2.45) is 4.99 Å². The standard InChI is InChI=1S/C18H29N5O/c1-3-19-18(23-14-12-22(13-15-23)16(2)24)21-11-7-10-20-17-8-5-4-6-9-17/h4-6,8-9,20H,3,7,10-15H2,1-2H3,(H,19,21). The molecule has 1 aliphatic rings. The summed E-state index contributed by atoms with van der Waals surface area (Å²) in [4.78, 5) is 20.3. The van der Waals surface area contributed by atoms with Gasteiger partial charge < -0.3 is 20.4 Å². The van der Waals surface area contributed by atoms with E-state index in [2.05, 4.69) is 34.6 Å². The lowest BCUT2D eigenvalue weighted by molar-refractivity contribution is -0.130. The molecule has 6 heteroatoms. The first kappa shape index (κ1) is 18.1. The number of aliphatic imine (C=N–C) groups is 1. The van der Waals surface area contributed by atoms with Gasteiger partial charge in [-0.05, 0) is 25.5 Å². The Morgan fingerprint density at radius 3 is 2.42 bits per heavy atom. The summed E-state index contributed by atoms with van der Waals surface area (Å²) in [5, 5.41) is 6.76.